The van der Waals surface area contributed by atoms with Crippen LogP contribution in [0.4, 0.5) is 4.79 Å². The van der Waals surface area contributed by atoms with E-state index in [0.717, 1.165) is 12.0 Å². The number of ether oxygens (including phenoxy) is 4. The molecular formula is C30H42N2O8S. The van der Waals surface area contributed by atoms with E-state index < -0.39 is 34.4 Å². The normalized spacial score (nSPS) is 22.5. The summed E-state index contributed by atoms with van der Waals surface area (Å²) in [7, 11) is -2.43. The Morgan fingerprint density at radius 2 is 1.78 bits per heavy atom. The van der Waals surface area contributed by atoms with Crippen LogP contribution in [0.5, 0.6) is 5.75 Å². The summed E-state index contributed by atoms with van der Waals surface area (Å²) in [6, 6.07) is 14.8. The van der Waals surface area contributed by atoms with E-state index >= 15 is 0 Å². The molecule has 41 heavy (non-hydrogen) atoms. The van der Waals surface area contributed by atoms with E-state index in [1.54, 1.807) is 12.1 Å². The lowest BCUT2D eigenvalue weighted by Gasteiger charge is -2.31. The van der Waals surface area contributed by atoms with Gasteiger partial charge in [0.1, 0.15) is 11.9 Å². The highest BCUT2D eigenvalue weighted by Gasteiger charge is 2.39. The lowest BCUT2D eigenvalue weighted by Crippen LogP contribution is -2.52. The number of benzene rings is 2. The number of aliphatic hydroxyl groups is 1. The van der Waals surface area contributed by atoms with Gasteiger partial charge < -0.3 is 29.4 Å². The van der Waals surface area contributed by atoms with Crippen LogP contribution < -0.4 is 10.1 Å². The summed E-state index contributed by atoms with van der Waals surface area (Å²) in [6.07, 6.45) is -1.23. The number of alkyl carbamates (subject to hydrolysis) is 1. The Kier molecular flexibility index (Phi) is 11.0. The Hall–Kier alpha value is -2.70. The number of carbonyl (C=O) groups is 1. The highest BCUT2D eigenvalue weighted by molar-refractivity contribution is 7.89. The zero-order valence-corrected chi connectivity index (χ0v) is 24.8. The van der Waals surface area contributed by atoms with Crippen LogP contribution in [-0.2, 0) is 30.7 Å². The zero-order valence-electron chi connectivity index (χ0n) is 24.0. The maximum atomic E-state index is 13.6. The Balaban J connectivity index is 1.52. The molecule has 0 radical (unpaired) electrons. The summed E-state index contributed by atoms with van der Waals surface area (Å²) in [5.74, 6) is 0.864. The molecule has 0 spiro atoms. The number of fused-ring (bicyclic) bond motifs is 1. The molecule has 0 aliphatic carbocycles. The van der Waals surface area contributed by atoms with Gasteiger partial charge in [-0.3, -0.25) is 0 Å². The fourth-order valence-corrected chi connectivity index (χ4v) is 7.01. The van der Waals surface area contributed by atoms with E-state index in [1.807, 2.05) is 44.2 Å². The van der Waals surface area contributed by atoms with Crippen molar-refractivity contribution in [2.75, 3.05) is 46.6 Å². The molecule has 0 bridgehead atoms. The average Bonchev–Trinajstić information content (AvgIpc) is 3.34. The van der Waals surface area contributed by atoms with Crippen molar-refractivity contribution in [3.8, 4) is 5.75 Å². The van der Waals surface area contributed by atoms with Gasteiger partial charge in [0.2, 0.25) is 10.0 Å². The lowest BCUT2D eigenvalue weighted by atomic mass is 9.89. The standard InChI is InChI=1S/C30H42N2O8S/c1-21(2)16-32(41(35,36)25-11-9-24(37-3)10-12-25)17-28(33)27(15-22-7-5-4-6-8-22)31-30(34)40-29-20-38-14-13-23-18-39-19-26(23)29/h4-12,21,23,26-29,33H,13-20H2,1-3H3,(H,31,34)/t23?,26?,27-,28+,29?/m1/s1. The van der Waals surface area contributed by atoms with Crippen molar-refractivity contribution >= 4 is 16.1 Å². The molecule has 11 heteroatoms. The number of hydrogen-bond donors (Lipinski definition) is 2. The maximum absolute atomic E-state index is 13.6. The Labute approximate surface area is 243 Å². The molecule has 2 aliphatic heterocycles. The number of aliphatic hydroxyl groups excluding tert-OH is 1. The van der Waals surface area contributed by atoms with Gasteiger partial charge >= 0.3 is 6.09 Å². The SMILES string of the molecule is COc1ccc(S(=O)(=O)N(CC(C)C)C[C@H](O)[C@@H](Cc2ccccc2)NC(=O)OC2COCCC3COCC32)cc1. The number of amides is 1. The predicted molar refractivity (Wildman–Crippen MR) is 153 cm³/mol. The molecule has 2 aromatic carbocycles. The van der Waals surface area contributed by atoms with Gasteiger partial charge in [0.05, 0.1) is 37.4 Å². The molecule has 2 fully saturated rings. The largest absolute Gasteiger partial charge is 0.497 e. The summed E-state index contributed by atoms with van der Waals surface area (Å²) in [4.78, 5) is 13.3. The van der Waals surface area contributed by atoms with Crippen LogP contribution >= 0.6 is 0 Å². The zero-order chi connectivity index (χ0) is 29.4. The molecule has 2 aliphatic rings. The van der Waals surface area contributed by atoms with Crippen molar-refractivity contribution in [1.29, 1.82) is 0 Å². The minimum Gasteiger partial charge on any atom is -0.497 e. The molecule has 3 unspecified atom stereocenters. The number of rotatable bonds is 12. The summed E-state index contributed by atoms with van der Waals surface area (Å²) < 4.78 is 50.9. The Bertz CT molecular complexity index is 1210. The quantitative estimate of drug-likeness (QED) is 0.387. The smallest absolute Gasteiger partial charge is 0.407 e. The second-order valence-corrected chi connectivity index (χ2v) is 13.1. The van der Waals surface area contributed by atoms with Gasteiger partial charge in [-0.2, -0.15) is 4.31 Å². The van der Waals surface area contributed by atoms with Crippen molar-refractivity contribution in [2.45, 2.75) is 49.8 Å². The molecular weight excluding hydrogens is 548 g/mol. The van der Waals surface area contributed by atoms with Gasteiger partial charge in [-0.15, -0.1) is 0 Å². The maximum Gasteiger partial charge on any atom is 0.407 e. The third kappa shape index (κ3) is 8.42. The first-order valence-electron chi connectivity index (χ1n) is 14.2. The summed E-state index contributed by atoms with van der Waals surface area (Å²) in [5, 5.41) is 14.3. The number of hydrogen-bond acceptors (Lipinski definition) is 8. The number of nitrogens with zero attached hydrogens (tertiary/aromatic N) is 1. The molecule has 0 aromatic heterocycles. The minimum absolute atomic E-state index is 0.00228. The van der Waals surface area contributed by atoms with Crippen molar-refractivity contribution < 1.29 is 37.3 Å². The predicted octanol–water partition coefficient (Wildman–Crippen LogP) is 3.09. The van der Waals surface area contributed by atoms with Crippen molar-refractivity contribution in [3.63, 3.8) is 0 Å². The molecule has 2 N–H and O–H groups in total. The summed E-state index contributed by atoms with van der Waals surface area (Å²) in [5.41, 5.74) is 0.882. The van der Waals surface area contributed by atoms with E-state index in [4.69, 9.17) is 18.9 Å². The fraction of sp³-hybridized carbons (Fsp3) is 0.567. The molecule has 2 saturated heterocycles. The number of methoxy groups -OCH3 is 1. The molecule has 4 rings (SSSR count). The van der Waals surface area contributed by atoms with Gasteiger partial charge in [0.25, 0.3) is 0 Å². The van der Waals surface area contributed by atoms with Crippen molar-refractivity contribution in [2.24, 2.45) is 17.8 Å². The highest BCUT2D eigenvalue weighted by Crippen LogP contribution is 2.31. The van der Waals surface area contributed by atoms with Crippen LogP contribution in [0, 0.1) is 17.8 Å². The molecule has 226 valence electrons. The van der Waals surface area contributed by atoms with Crippen LogP contribution in [0.3, 0.4) is 0 Å². The third-order valence-corrected chi connectivity index (χ3v) is 9.47. The van der Waals surface area contributed by atoms with Gasteiger partial charge in [0, 0.05) is 32.2 Å². The fourth-order valence-electron chi connectivity index (χ4n) is 5.39. The molecule has 2 aromatic rings. The van der Waals surface area contributed by atoms with Crippen molar-refractivity contribution in [3.05, 3.63) is 60.2 Å². The first kappa shape index (κ1) is 31.2. The van der Waals surface area contributed by atoms with Crippen LogP contribution in [0.2, 0.25) is 0 Å². The van der Waals surface area contributed by atoms with Gasteiger partial charge in [0.15, 0.2) is 0 Å². The van der Waals surface area contributed by atoms with Gasteiger partial charge in [-0.25, -0.2) is 13.2 Å². The topological polar surface area (TPSA) is 124 Å². The summed E-state index contributed by atoms with van der Waals surface area (Å²) >= 11 is 0. The Morgan fingerprint density at radius 3 is 2.46 bits per heavy atom. The Morgan fingerprint density at radius 1 is 1.05 bits per heavy atom. The molecule has 10 nitrogen and oxygen atoms in total. The highest BCUT2D eigenvalue weighted by atomic mass is 32.2. The lowest BCUT2D eigenvalue weighted by molar-refractivity contribution is -0.00264. The number of sulfonamides is 1. The van der Waals surface area contributed by atoms with Crippen LogP contribution in [0.1, 0.15) is 25.8 Å². The van der Waals surface area contributed by atoms with Crippen molar-refractivity contribution in [1.82, 2.24) is 9.62 Å². The van der Waals surface area contributed by atoms with Gasteiger partial charge in [-0.1, -0.05) is 44.2 Å². The first-order valence-corrected chi connectivity index (χ1v) is 15.6. The van der Waals surface area contributed by atoms with E-state index in [1.165, 1.54) is 23.5 Å². The molecule has 0 saturated carbocycles. The van der Waals surface area contributed by atoms with E-state index in [0.29, 0.717) is 25.6 Å². The number of nitrogens with one attached hydrogen (secondary N) is 1. The van der Waals surface area contributed by atoms with Crippen LogP contribution in [0.25, 0.3) is 0 Å². The van der Waals surface area contributed by atoms with Gasteiger partial charge in [-0.05, 0) is 54.5 Å². The molecule has 5 atom stereocenters. The molecule has 1 amide bonds. The monoisotopic (exact) mass is 590 g/mol. The minimum atomic E-state index is -3.94. The first-order chi connectivity index (χ1) is 19.7. The van der Waals surface area contributed by atoms with E-state index in [9.17, 15) is 18.3 Å². The molecule has 2 heterocycles. The third-order valence-electron chi connectivity index (χ3n) is 7.62. The summed E-state index contributed by atoms with van der Waals surface area (Å²) in [6.45, 7) is 5.81. The van der Waals surface area contributed by atoms with E-state index in [2.05, 4.69) is 5.32 Å². The van der Waals surface area contributed by atoms with Crippen LogP contribution in [-0.4, -0.2) is 88.8 Å². The van der Waals surface area contributed by atoms with E-state index in [-0.39, 0.29) is 48.8 Å². The second-order valence-electron chi connectivity index (χ2n) is 11.2. The second kappa shape index (κ2) is 14.5. The van der Waals surface area contributed by atoms with Crippen LogP contribution in [0.15, 0.2) is 59.5 Å². The number of carbonyl (C=O) groups excluding carboxylic acids is 1. The average molecular weight is 591 g/mol.